The highest BCUT2D eigenvalue weighted by molar-refractivity contribution is 6.31. The van der Waals surface area contributed by atoms with Gasteiger partial charge in [-0.25, -0.2) is 9.48 Å². The van der Waals surface area contributed by atoms with E-state index >= 15 is 0 Å². The molecule has 3 rings (SSSR count). The van der Waals surface area contributed by atoms with Crippen LogP contribution in [0.2, 0.25) is 5.15 Å². The first kappa shape index (κ1) is 20.1. The van der Waals surface area contributed by atoms with Gasteiger partial charge in [-0.05, 0) is 38.3 Å². The van der Waals surface area contributed by atoms with Crippen LogP contribution in [0, 0.1) is 13.8 Å². The van der Waals surface area contributed by atoms with Crippen LogP contribution in [0.5, 0.6) is 0 Å². The molecule has 1 saturated heterocycles. The van der Waals surface area contributed by atoms with Gasteiger partial charge < -0.3 is 9.64 Å². The summed E-state index contributed by atoms with van der Waals surface area (Å²) in [5, 5.41) is 4.91. The molecule has 0 atom stereocenters. The summed E-state index contributed by atoms with van der Waals surface area (Å²) in [5.41, 5.74) is 3.66. The zero-order valence-electron chi connectivity index (χ0n) is 16.2. The number of nitrogens with zero attached hydrogens (tertiary/aromatic N) is 3. The lowest BCUT2D eigenvalue weighted by atomic mass is 10.1. The Morgan fingerprint density at radius 2 is 1.86 bits per heavy atom. The molecule has 0 unspecified atom stereocenters. The van der Waals surface area contributed by atoms with Gasteiger partial charge in [0.2, 0.25) is 0 Å². The van der Waals surface area contributed by atoms with E-state index < -0.39 is 5.97 Å². The average molecular weight is 402 g/mol. The van der Waals surface area contributed by atoms with Crippen LogP contribution in [0.25, 0.3) is 6.08 Å². The minimum atomic E-state index is -0.575. The summed E-state index contributed by atoms with van der Waals surface area (Å²) < 4.78 is 6.74. The topological polar surface area (TPSA) is 64.4 Å². The zero-order valence-corrected chi connectivity index (χ0v) is 16.9. The molecule has 1 aliphatic rings. The van der Waals surface area contributed by atoms with E-state index in [2.05, 4.69) is 5.10 Å². The molecule has 2 aromatic rings. The number of ether oxygens (including phenoxy) is 1. The number of hydrogen-bond donors (Lipinski definition) is 0. The summed E-state index contributed by atoms with van der Waals surface area (Å²) in [4.78, 5) is 25.6. The van der Waals surface area contributed by atoms with Crippen molar-refractivity contribution >= 4 is 29.6 Å². The lowest BCUT2D eigenvalue weighted by molar-refractivity contribution is -0.147. The minimum absolute atomic E-state index is 0.153. The second-order valence-corrected chi connectivity index (χ2v) is 7.32. The number of carbonyl (C=O) groups excluding carboxylic acids is 2. The second-order valence-electron chi connectivity index (χ2n) is 6.96. The van der Waals surface area contributed by atoms with Crippen LogP contribution in [0.1, 0.15) is 35.2 Å². The van der Waals surface area contributed by atoms with Crippen LogP contribution in [-0.4, -0.2) is 46.3 Å². The van der Waals surface area contributed by atoms with Crippen LogP contribution in [-0.2, 0) is 20.9 Å². The predicted octanol–water partition coefficient (Wildman–Crippen LogP) is 3.38. The average Bonchev–Trinajstić information content (AvgIpc) is 3.30. The van der Waals surface area contributed by atoms with Gasteiger partial charge in [0.25, 0.3) is 5.91 Å². The third kappa shape index (κ3) is 5.01. The molecule has 0 spiro atoms. The summed E-state index contributed by atoms with van der Waals surface area (Å²) in [6.45, 7) is 5.66. The molecule has 1 aromatic heterocycles. The SMILES string of the molecule is Cc1ccc(Cn2nc(C)c(/C=C/C(=O)OCC(=O)N3CCCC3)c2Cl)cc1. The third-order valence-electron chi connectivity index (χ3n) is 4.75. The van der Waals surface area contributed by atoms with Gasteiger partial charge in [-0.1, -0.05) is 41.4 Å². The van der Waals surface area contributed by atoms with Crippen molar-refractivity contribution in [1.82, 2.24) is 14.7 Å². The minimum Gasteiger partial charge on any atom is -0.452 e. The summed E-state index contributed by atoms with van der Waals surface area (Å²) in [6.07, 6.45) is 4.87. The fourth-order valence-electron chi connectivity index (χ4n) is 3.12. The van der Waals surface area contributed by atoms with E-state index in [1.54, 1.807) is 15.7 Å². The largest absolute Gasteiger partial charge is 0.452 e. The number of rotatable bonds is 6. The maximum Gasteiger partial charge on any atom is 0.331 e. The van der Waals surface area contributed by atoms with Gasteiger partial charge in [0.1, 0.15) is 5.15 Å². The maximum absolute atomic E-state index is 11.9. The van der Waals surface area contributed by atoms with Gasteiger partial charge in [-0.2, -0.15) is 5.10 Å². The Morgan fingerprint density at radius 3 is 2.54 bits per heavy atom. The molecule has 148 valence electrons. The van der Waals surface area contributed by atoms with Gasteiger partial charge in [0.15, 0.2) is 6.61 Å². The van der Waals surface area contributed by atoms with Crippen LogP contribution >= 0.6 is 11.6 Å². The van der Waals surface area contributed by atoms with Crippen molar-refractivity contribution in [3.05, 3.63) is 57.9 Å². The number of benzene rings is 1. The van der Waals surface area contributed by atoms with Crippen molar-refractivity contribution in [3.8, 4) is 0 Å². The van der Waals surface area contributed by atoms with Gasteiger partial charge >= 0.3 is 5.97 Å². The monoisotopic (exact) mass is 401 g/mol. The molecule has 1 amide bonds. The van der Waals surface area contributed by atoms with Gasteiger partial charge in [-0.3, -0.25) is 4.79 Å². The van der Waals surface area contributed by atoms with Crippen LogP contribution in [0.4, 0.5) is 0 Å². The second kappa shape index (κ2) is 9.06. The number of likely N-dealkylation sites (tertiary alicyclic amines) is 1. The summed E-state index contributed by atoms with van der Waals surface area (Å²) in [6, 6.07) is 8.15. The van der Waals surface area contributed by atoms with Crippen LogP contribution in [0.15, 0.2) is 30.3 Å². The number of aromatic nitrogens is 2. The Kier molecular flexibility index (Phi) is 6.52. The van der Waals surface area contributed by atoms with Gasteiger partial charge in [-0.15, -0.1) is 0 Å². The lowest BCUT2D eigenvalue weighted by Crippen LogP contribution is -2.31. The highest BCUT2D eigenvalue weighted by Crippen LogP contribution is 2.22. The predicted molar refractivity (Wildman–Crippen MR) is 108 cm³/mol. The molecule has 1 fully saturated rings. The Morgan fingerprint density at radius 1 is 1.18 bits per heavy atom. The first-order valence-corrected chi connectivity index (χ1v) is 9.73. The maximum atomic E-state index is 11.9. The van der Waals surface area contributed by atoms with Gasteiger partial charge in [0.05, 0.1) is 12.2 Å². The molecule has 7 heteroatoms. The number of amides is 1. The van der Waals surface area contributed by atoms with Crippen molar-refractivity contribution < 1.29 is 14.3 Å². The van der Waals surface area contributed by atoms with E-state index in [9.17, 15) is 9.59 Å². The Labute approximate surface area is 169 Å². The first-order valence-electron chi connectivity index (χ1n) is 9.35. The van der Waals surface area contributed by atoms with E-state index in [1.165, 1.54) is 11.6 Å². The Hall–Kier alpha value is -2.60. The fourth-order valence-corrected chi connectivity index (χ4v) is 3.42. The fraction of sp³-hybridized carbons (Fsp3) is 0.381. The number of hydrogen-bond acceptors (Lipinski definition) is 4. The quantitative estimate of drug-likeness (QED) is 0.549. The van der Waals surface area contributed by atoms with Crippen molar-refractivity contribution in [2.24, 2.45) is 0 Å². The molecule has 0 N–H and O–H groups in total. The van der Waals surface area contributed by atoms with E-state index in [1.807, 2.05) is 38.1 Å². The van der Waals surface area contributed by atoms with E-state index in [4.69, 9.17) is 16.3 Å². The van der Waals surface area contributed by atoms with Crippen LogP contribution in [0.3, 0.4) is 0 Å². The summed E-state index contributed by atoms with van der Waals surface area (Å²) >= 11 is 6.44. The Bertz CT molecular complexity index is 881. The van der Waals surface area contributed by atoms with E-state index in [0.717, 1.165) is 31.5 Å². The molecule has 0 aliphatic carbocycles. The lowest BCUT2D eigenvalue weighted by Gasteiger charge is -2.14. The first-order chi connectivity index (χ1) is 13.4. The summed E-state index contributed by atoms with van der Waals surface area (Å²) in [7, 11) is 0. The molecular weight excluding hydrogens is 378 g/mol. The number of aryl methyl sites for hydroxylation is 2. The molecule has 2 heterocycles. The van der Waals surface area contributed by atoms with Gasteiger partial charge in [0, 0.05) is 24.7 Å². The highest BCUT2D eigenvalue weighted by Gasteiger charge is 2.19. The number of halogens is 1. The third-order valence-corrected chi connectivity index (χ3v) is 5.14. The Balaban J connectivity index is 1.60. The van der Waals surface area contributed by atoms with Crippen LogP contribution < -0.4 is 0 Å². The molecule has 28 heavy (non-hydrogen) atoms. The van der Waals surface area contributed by atoms with Crippen molar-refractivity contribution in [1.29, 1.82) is 0 Å². The van der Waals surface area contributed by atoms with Crippen molar-refractivity contribution in [2.75, 3.05) is 19.7 Å². The summed E-state index contributed by atoms with van der Waals surface area (Å²) in [5.74, 6) is -0.728. The number of esters is 1. The van der Waals surface area contributed by atoms with E-state index in [0.29, 0.717) is 23.0 Å². The molecule has 6 nitrogen and oxygen atoms in total. The molecule has 0 radical (unpaired) electrons. The van der Waals surface area contributed by atoms with Crippen molar-refractivity contribution in [2.45, 2.75) is 33.2 Å². The standard InChI is InChI=1S/C21H24ClN3O3/c1-15-5-7-17(8-6-15)13-25-21(22)18(16(2)23-25)9-10-20(27)28-14-19(26)24-11-3-4-12-24/h5-10H,3-4,11-14H2,1-2H3/b10-9+. The highest BCUT2D eigenvalue weighted by atomic mass is 35.5. The molecule has 1 aromatic carbocycles. The van der Waals surface area contributed by atoms with Crippen molar-refractivity contribution in [3.63, 3.8) is 0 Å². The smallest absolute Gasteiger partial charge is 0.331 e. The molecule has 1 aliphatic heterocycles. The van der Waals surface area contributed by atoms with E-state index in [-0.39, 0.29) is 12.5 Å². The zero-order chi connectivity index (χ0) is 20.1. The molecular formula is C21H24ClN3O3. The number of carbonyl (C=O) groups is 2. The normalized spacial score (nSPS) is 14.0. The molecule has 0 bridgehead atoms. The molecule has 0 saturated carbocycles.